The Kier molecular flexibility index (Phi) is 6.02. The summed E-state index contributed by atoms with van der Waals surface area (Å²) < 4.78 is 0. The fourth-order valence-corrected chi connectivity index (χ4v) is 4.13. The number of nitrogens with zero attached hydrogens (tertiary/aromatic N) is 2. The number of carbonyl (C=O) groups is 1. The molecular formula is C16H18Cl2N2OS. The van der Waals surface area contributed by atoms with E-state index < -0.39 is 5.54 Å². The maximum absolute atomic E-state index is 12.5. The molecule has 22 heavy (non-hydrogen) atoms. The van der Waals surface area contributed by atoms with Crippen molar-refractivity contribution in [2.45, 2.75) is 42.5 Å². The summed E-state index contributed by atoms with van der Waals surface area (Å²) >= 11 is 13.4. The number of amides is 1. The highest BCUT2D eigenvalue weighted by Gasteiger charge is 2.38. The molecule has 118 valence electrons. The van der Waals surface area contributed by atoms with Crippen LogP contribution >= 0.6 is 35.0 Å². The number of thioether (sulfide) groups is 1. The van der Waals surface area contributed by atoms with Crippen molar-refractivity contribution < 1.29 is 4.79 Å². The Balaban J connectivity index is 2.02. The van der Waals surface area contributed by atoms with E-state index in [1.807, 2.05) is 0 Å². The maximum atomic E-state index is 12.5. The number of rotatable bonds is 4. The van der Waals surface area contributed by atoms with Gasteiger partial charge in [-0.25, -0.2) is 0 Å². The average Bonchev–Trinajstić information content (AvgIpc) is 2.55. The zero-order valence-corrected chi connectivity index (χ0v) is 14.8. The van der Waals surface area contributed by atoms with Gasteiger partial charge in [0.05, 0.1) is 16.8 Å². The molecule has 1 aliphatic rings. The second-order valence-corrected chi connectivity index (χ2v) is 7.38. The van der Waals surface area contributed by atoms with E-state index in [1.54, 1.807) is 30.1 Å². The zero-order chi connectivity index (χ0) is 16.2. The molecule has 3 nitrogen and oxygen atoms in total. The van der Waals surface area contributed by atoms with Gasteiger partial charge in [-0.2, -0.15) is 5.26 Å². The minimum atomic E-state index is -0.645. The lowest BCUT2D eigenvalue weighted by Crippen LogP contribution is -2.50. The fourth-order valence-electron chi connectivity index (χ4n) is 2.72. The molecule has 1 aromatic rings. The number of nitriles is 1. The highest BCUT2D eigenvalue weighted by atomic mass is 35.5. The minimum Gasteiger partial charge on any atom is -0.326 e. The molecule has 0 N–H and O–H groups in total. The zero-order valence-electron chi connectivity index (χ0n) is 12.4. The van der Waals surface area contributed by atoms with Crippen LogP contribution in [0.25, 0.3) is 0 Å². The number of benzene rings is 1. The van der Waals surface area contributed by atoms with Crippen molar-refractivity contribution >= 4 is 40.9 Å². The fraction of sp³-hybridized carbons (Fsp3) is 0.500. The second kappa shape index (κ2) is 7.59. The molecule has 6 heteroatoms. The van der Waals surface area contributed by atoms with Gasteiger partial charge in [0.15, 0.2) is 0 Å². The molecule has 1 aromatic carbocycles. The van der Waals surface area contributed by atoms with Crippen LogP contribution in [-0.2, 0) is 4.79 Å². The van der Waals surface area contributed by atoms with Gasteiger partial charge in [0.1, 0.15) is 5.54 Å². The monoisotopic (exact) mass is 356 g/mol. The smallest absolute Gasteiger partial charge is 0.233 e. The first-order valence-corrected chi connectivity index (χ1v) is 8.98. The van der Waals surface area contributed by atoms with Crippen LogP contribution in [0, 0.1) is 11.3 Å². The number of carbonyl (C=O) groups excluding carboxylic acids is 1. The summed E-state index contributed by atoms with van der Waals surface area (Å²) in [5, 5.41) is 10.7. The van der Waals surface area contributed by atoms with Crippen LogP contribution < -0.4 is 0 Å². The lowest BCUT2D eigenvalue weighted by atomic mass is 9.81. The van der Waals surface area contributed by atoms with E-state index >= 15 is 0 Å². The second-order valence-electron chi connectivity index (χ2n) is 5.52. The highest BCUT2D eigenvalue weighted by molar-refractivity contribution is 8.00. The minimum absolute atomic E-state index is 0.0514. The van der Waals surface area contributed by atoms with E-state index in [2.05, 4.69) is 6.07 Å². The van der Waals surface area contributed by atoms with Crippen LogP contribution in [0.2, 0.25) is 10.0 Å². The van der Waals surface area contributed by atoms with E-state index in [9.17, 15) is 10.1 Å². The first-order chi connectivity index (χ1) is 10.5. The summed E-state index contributed by atoms with van der Waals surface area (Å²) in [7, 11) is 1.73. The van der Waals surface area contributed by atoms with Crippen LogP contribution in [0.4, 0.5) is 0 Å². The Morgan fingerprint density at radius 3 is 2.68 bits per heavy atom. The molecule has 0 atom stereocenters. The van der Waals surface area contributed by atoms with Gasteiger partial charge in [0.25, 0.3) is 0 Å². The molecule has 0 spiro atoms. The molecule has 1 saturated carbocycles. The summed E-state index contributed by atoms with van der Waals surface area (Å²) in [5.41, 5.74) is -0.645. The topological polar surface area (TPSA) is 44.1 Å². The van der Waals surface area contributed by atoms with Crippen LogP contribution in [0.3, 0.4) is 0 Å². The summed E-state index contributed by atoms with van der Waals surface area (Å²) in [4.78, 5) is 14.9. The number of hydrogen-bond donors (Lipinski definition) is 0. The third-order valence-corrected chi connectivity index (χ3v) is 5.87. The Morgan fingerprint density at radius 1 is 1.36 bits per heavy atom. The standard InChI is InChI=1S/C16H18Cl2N2OS/c1-20(16(11-19)7-3-2-4-8-16)15(21)10-22-14-9-12(17)5-6-13(14)18/h5-6,9H,2-4,7-8,10H2,1H3. The lowest BCUT2D eigenvalue weighted by molar-refractivity contribution is -0.131. The third-order valence-electron chi connectivity index (χ3n) is 4.15. The molecule has 0 saturated heterocycles. The first kappa shape index (κ1) is 17.5. The molecule has 0 radical (unpaired) electrons. The maximum Gasteiger partial charge on any atom is 0.233 e. The summed E-state index contributed by atoms with van der Waals surface area (Å²) in [6.07, 6.45) is 4.65. The van der Waals surface area contributed by atoms with E-state index in [4.69, 9.17) is 23.2 Å². The summed E-state index contributed by atoms with van der Waals surface area (Å²) in [6.45, 7) is 0. The van der Waals surface area contributed by atoms with Crippen molar-refractivity contribution in [3.8, 4) is 6.07 Å². The normalized spacial score (nSPS) is 16.8. The van der Waals surface area contributed by atoms with Crippen molar-refractivity contribution in [1.29, 1.82) is 5.26 Å². The van der Waals surface area contributed by atoms with Crippen LogP contribution in [0.5, 0.6) is 0 Å². The van der Waals surface area contributed by atoms with Gasteiger partial charge < -0.3 is 4.90 Å². The molecule has 0 aromatic heterocycles. The van der Waals surface area contributed by atoms with Crippen molar-refractivity contribution in [1.82, 2.24) is 4.90 Å². The van der Waals surface area contributed by atoms with Crippen LogP contribution in [0.15, 0.2) is 23.1 Å². The van der Waals surface area contributed by atoms with Gasteiger partial charge in [-0.1, -0.05) is 42.5 Å². The largest absolute Gasteiger partial charge is 0.326 e. The predicted molar refractivity (Wildman–Crippen MR) is 91.4 cm³/mol. The first-order valence-electron chi connectivity index (χ1n) is 7.24. The molecular weight excluding hydrogens is 339 g/mol. The average molecular weight is 357 g/mol. The van der Waals surface area contributed by atoms with Crippen molar-refractivity contribution in [3.05, 3.63) is 28.2 Å². The van der Waals surface area contributed by atoms with E-state index in [0.717, 1.165) is 37.0 Å². The Hall–Kier alpha value is -0.890. The molecule has 0 bridgehead atoms. The van der Waals surface area contributed by atoms with Gasteiger partial charge in [-0.15, -0.1) is 11.8 Å². The number of halogens is 2. The quantitative estimate of drug-likeness (QED) is 0.729. The summed E-state index contributed by atoms with van der Waals surface area (Å²) in [6, 6.07) is 7.56. The third kappa shape index (κ3) is 3.90. The molecule has 0 heterocycles. The van der Waals surface area contributed by atoms with Crippen molar-refractivity contribution in [3.63, 3.8) is 0 Å². The SMILES string of the molecule is CN(C(=O)CSc1cc(Cl)ccc1Cl)C1(C#N)CCCCC1. The predicted octanol–water partition coefficient (Wildman–Crippen LogP) is 4.77. The lowest BCUT2D eigenvalue weighted by Gasteiger charge is -2.39. The number of hydrogen-bond acceptors (Lipinski definition) is 3. The Labute approximate surface area is 145 Å². The Morgan fingerprint density at radius 2 is 2.05 bits per heavy atom. The van der Waals surface area contributed by atoms with Crippen LogP contribution in [-0.4, -0.2) is 29.1 Å². The van der Waals surface area contributed by atoms with E-state index in [-0.39, 0.29) is 11.7 Å². The van der Waals surface area contributed by atoms with Crippen LogP contribution in [0.1, 0.15) is 32.1 Å². The van der Waals surface area contributed by atoms with Gasteiger partial charge in [-0.3, -0.25) is 4.79 Å². The van der Waals surface area contributed by atoms with E-state index in [0.29, 0.717) is 10.0 Å². The van der Waals surface area contributed by atoms with Crippen molar-refractivity contribution in [2.75, 3.05) is 12.8 Å². The molecule has 0 unspecified atom stereocenters. The molecule has 2 rings (SSSR count). The summed E-state index contributed by atoms with van der Waals surface area (Å²) in [5.74, 6) is 0.199. The van der Waals surface area contributed by atoms with E-state index in [1.165, 1.54) is 11.8 Å². The molecule has 1 fully saturated rings. The van der Waals surface area contributed by atoms with Crippen molar-refractivity contribution in [2.24, 2.45) is 0 Å². The van der Waals surface area contributed by atoms with Gasteiger partial charge in [0, 0.05) is 17.0 Å². The van der Waals surface area contributed by atoms with Gasteiger partial charge in [0.2, 0.25) is 5.91 Å². The highest BCUT2D eigenvalue weighted by Crippen LogP contribution is 2.34. The Bertz CT molecular complexity index is 594. The van der Waals surface area contributed by atoms with Gasteiger partial charge in [-0.05, 0) is 31.0 Å². The van der Waals surface area contributed by atoms with Gasteiger partial charge >= 0.3 is 0 Å². The molecule has 0 aliphatic heterocycles. The molecule has 1 aliphatic carbocycles. The molecule has 1 amide bonds.